The van der Waals surface area contributed by atoms with Gasteiger partial charge < -0.3 is 9.79 Å². The molecule has 0 bridgehead atoms. The zero-order valence-electron chi connectivity index (χ0n) is 8.06. The van der Waals surface area contributed by atoms with E-state index in [4.69, 9.17) is 9.79 Å². The van der Waals surface area contributed by atoms with Gasteiger partial charge >= 0.3 is 7.82 Å². The lowest BCUT2D eigenvalue weighted by Gasteiger charge is -2.04. The first-order chi connectivity index (χ1) is 7.29. The van der Waals surface area contributed by atoms with Crippen LogP contribution in [0.25, 0.3) is 0 Å². The van der Waals surface area contributed by atoms with Crippen LogP contribution in [0.3, 0.4) is 0 Å². The van der Waals surface area contributed by atoms with Gasteiger partial charge in [0, 0.05) is 28.6 Å². The zero-order chi connectivity index (χ0) is 12.3. The van der Waals surface area contributed by atoms with Crippen molar-refractivity contribution in [2.45, 2.75) is 11.8 Å². The minimum atomic E-state index is -4.55. The average molecular weight is 265 g/mol. The monoisotopic (exact) mass is 265 g/mol. The van der Waals surface area contributed by atoms with E-state index in [-0.39, 0.29) is 5.69 Å². The second-order valence-corrected chi connectivity index (χ2v) is 5.07. The highest BCUT2D eigenvalue weighted by Crippen LogP contribution is 2.43. The molecule has 1 aromatic carbocycles. The molecule has 0 heterocycles. The van der Waals surface area contributed by atoms with Crippen LogP contribution in [-0.4, -0.2) is 14.7 Å². The van der Waals surface area contributed by atoms with E-state index in [0.717, 1.165) is 0 Å². The fourth-order valence-electron chi connectivity index (χ4n) is 0.976. The Morgan fingerprint density at radius 3 is 2.56 bits per heavy atom. The molecule has 1 aromatic rings. The first-order valence-corrected chi connectivity index (χ1v) is 6.23. The van der Waals surface area contributed by atoms with E-state index >= 15 is 0 Å². The SMILES string of the molecule is Cc1cc(SOP(=O)(O)O)ccc1[N+](=O)[O-]. The molecule has 0 radical (unpaired) electrons. The Morgan fingerprint density at radius 1 is 1.50 bits per heavy atom. The highest BCUT2D eigenvalue weighted by atomic mass is 32.2. The van der Waals surface area contributed by atoms with Crippen molar-refractivity contribution in [1.82, 2.24) is 0 Å². The second kappa shape index (κ2) is 4.94. The Balaban J connectivity index is 2.82. The Kier molecular flexibility index (Phi) is 4.06. The molecule has 0 aliphatic heterocycles. The van der Waals surface area contributed by atoms with Crippen LogP contribution in [0.2, 0.25) is 0 Å². The summed E-state index contributed by atoms with van der Waals surface area (Å²) in [6.45, 7) is 1.53. The van der Waals surface area contributed by atoms with Gasteiger partial charge in [-0.2, -0.15) is 0 Å². The van der Waals surface area contributed by atoms with Gasteiger partial charge in [0.15, 0.2) is 0 Å². The number of hydrogen-bond acceptors (Lipinski definition) is 5. The fraction of sp³-hybridized carbons (Fsp3) is 0.143. The molecule has 0 saturated heterocycles. The van der Waals surface area contributed by atoms with Crippen LogP contribution in [0.4, 0.5) is 5.69 Å². The van der Waals surface area contributed by atoms with Gasteiger partial charge in [-0.05, 0) is 19.1 Å². The van der Waals surface area contributed by atoms with Crippen molar-refractivity contribution in [1.29, 1.82) is 0 Å². The van der Waals surface area contributed by atoms with Crippen LogP contribution in [0, 0.1) is 17.0 Å². The number of nitro groups is 1. The minimum Gasteiger partial charge on any atom is -0.302 e. The maximum absolute atomic E-state index is 10.5. The summed E-state index contributed by atoms with van der Waals surface area (Å²) < 4.78 is 14.6. The van der Waals surface area contributed by atoms with Crippen LogP contribution >= 0.6 is 19.9 Å². The van der Waals surface area contributed by atoms with Crippen LogP contribution < -0.4 is 0 Å². The van der Waals surface area contributed by atoms with Crippen LogP contribution in [0.15, 0.2) is 23.1 Å². The summed E-state index contributed by atoms with van der Waals surface area (Å²) in [6, 6.07) is 4.02. The van der Waals surface area contributed by atoms with Crippen molar-refractivity contribution in [2.24, 2.45) is 0 Å². The van der Waals surface area contributed by atoms with E-state index in [2.05, 4.69) is 3.97 Å². The Bertz CT molecular complexity index is 458. The highest BCUT2D eigenvalue weighted by molar-refractivity contribution is 7.97. The zero-order valence-corrected chi connectivity index (χ0v) is 9.77. The lowest BCUT2D eigenvalue weighted by molar-refractivity contribution is -0.385. The Hall–Kier alpha value is -0.920. The maximum Gasteiger partial charge on any atom is 0.481 e. The molecule has 1 rings (SSSR count). The highest BCUT2D eigenvalue weighted by Gasteiger charge is 2.16. The third-order valence-corrected chi connectivity index (χ3v) is 3.12. The maximum atomic E-state index is 10.5. The average Bonchev–Trinajstić information content (AvgIpc) is 2.13. The molecule has 0 unspecified atom stereocenters. The van der Waals surface area contributed by atoms with E-state index in [1.54, 1.807) is 0 Å². The van der Waals surface area contributed by atoms with E-state index in [0.29, 0.717) is 22.5 Å². The van der Waals surface area contributed by atoms with Gasteiger partial charge in [-0.3, -0.25) is 10.1 Å². The first kappa shape index (κ1) is 13.1. The summed E-state index contributed by atoms with van der Waals surface area (Å²) in [4.78, 5) is 27.2. The molecule has 0 fully saturated rings. The molecular weight excluding hydrogens is 257 g/mol. The molecule has 88 valence electrons. The molecule has 0 amide bonds. The molecule has 0 aliphatic rings. The first-order valence-electron chi connectivity index (χ1n) is 3.96. The number of benzene rings is 1. The Labute approximate surface area is 95.0 Å². The number of hydrogen-bond donors (Lipinski definition) is 2. The van der Waals surface area contributed by atoms with Crippen LogP contribution in [0.1, 0.15) is 5.56 Å². The van der Waals surface area contributed by atoms with Crippen LogP contribution in [-0.2, 0) is 8.54 Å². The summed E-state index contributed by atoms with van der Waals surface area (Å²) in [7, 11) is -4.55. The summed E-state index contributed by atoms with van der Waals surface area (Å²) in [6.07, 6.45) is 0. The smallest absolute Gasteiger partial charge is 0.302 e. The summed E-state index contributed by atoms with van der Waals surface area (Å²) >= 11 is 0.476. The van der Waals surface area contributed by atoms with E-state index in [9.17, 15) is 14.7 Å². The molecule has 0 spiro atoms. The van der Waals surface area contributed by atoms with Gasteiger partial charge in [0.1, 0.15) is 0 Å². The number of nitro benzene ring substituents is 1. The molecule has 0 aliphatic carbocycles. The van der Waals surface area contributed by atoms with Gasteiger partial charge in [-0.15, -0.1) is 0 Å². The predicted molar refractivity (Wildman–Crippen MR) is 56.8 cm³/mol. The van der Waals surface area contributed by atoms with Crippen LogP contribution in [0.5, 0.6) is 0 Å². The lowest BCUT2D eigenvalue weighted by Crippen LogP contribution is -1.91. The van der Waals surface area contributed by atoms with Gasteiger partial charge in [0.05, 0.1) is 4.92 Å². The molecule has 16 heavy (non-hydrogen) atoms. The third kappa shape index (κ3) is 3.92. The van der Waals surface area contributed by atoms with Crippen molar-refractivity contribution in [3.63, 3.8) is 0 Å². The van der Waals surface area contributed by atoms with Gasteiger partial charge in [-0.25, -0.2) is 8.54 Å². The quantitative estimate of drug-likeness (QED) is 0.371. The molecule has 0 aromatic heterocycles. The normalized spacial score (nSPS) is 11.4. The molecular formula is C7H8NO6PS. The van der Waals surface area contributed by atoms with Crippen molar-refractivity contribution in [3.8, 4) is 0 Å². The van der Waals surface area contributed by atoms with Crippen molar-refractivity contribution in [3.05, 3.63) is 33.9 Å². The summed E-state index contributed by atoms with van der Waals surface area (Å²) in [5.74, 6) is 0. The van der Waals surface area contributed by atoms with Gasteiger partial charge in [0.25, 0.3) is 5.69 Å². The second-order valence-electron chi connectivity index (χ2n) is 2.85. The number of aryl methyl sites for hydroxylation is 1. The molecule has 9 heteroatoms. The number of nitrogens with zero attached hydrogens (tertiary/aromatic N) is 1. The minimum absolute atomic E-state index is 0.0551. The number of phosphoric acid groups is 1. The van der Waals surface area contributed by atoms with Crippen molar-refractivity contribution < 1.29 is 23.2 Å². The standard InChI is InChI=1S/C7H8NO6PS/c1-5-4-6(16-14-15(11,12)13)2-3-7(5)8(9)10/h2-4H,1H3,(H2,11,12,13). The largest absolute Gasteiger partial charge is 0.481 e. The van der Waals surface area contributed by atoms with Crippen molar-refractivity contribution >= 4 is 25.6 Å². The van der Waals surface area contributed by atoms with E-state index in [1.165, 1.54) is 25.1 Å². The lowest BCUT2D eigenvalue weighted by atomic mass is 10.2. The van der Waals surface area contributed by atoms with E-state index < -0.39 is 12.7 Å². The molecule has 7 nitrogen and oxygen atoms in total. The number of rotatable bonds is 4. The molecule has 0 atom stereocenters. The topological polar surface area (TPSA) is 110 Å². The van der Waals surface area contributed by atoms with E-state index in [1.807, 2.05) is 0 Å². The Morgan fingerprint density at radius 2 is 2.12 bits per heavy atom. The molecule has 2 N–H and O–H groups in total. The third-order valence-electron chi connectivity index (χ3n) is 1.60. The van der Waals surface area contributed by atoms with Gasteiger partial charge in [0.2, 0.25) is 0 Å². The van der Waals surface area contributed by atoms with Gasteiger partial charge in [-0.1, -0.05) is 0 Å². The molecule has 0 saturated carbocycles. The predicted octanol–water partition coefficient (Wildman–Crippen LogP) is 2.02. The summed E-state index contributed by atoms with van der Waals surface area (Å²) in [5.41, 5.74) is 0.338. The summed E-state index contributed by atoms with van der Waals surface area (Å²) in [5, 5.41) is 10.5. The fourth-order valence-corrected chi connectivity index (χ4v) is 2.06. The van der Waals surface area contributed by atoms with Crippen molar-refractivity contribution in [2.75, 3.05) is 0 Å².